The fraction of sp³-hybridized carbons (Fsp3) is 0.444. The number of carbonyl (C=O) groups is 1. The topological polar surface area (TPSA) is 65.5 Å². The number of carbonyl (C=O) groups excluding carboxylic acids is 1. The molecule has 13 heavy (non-hydrogen) atoms. The van der Waals surface area contributed by atoms with Gasteiger partial charge in [-0.05, 0) is 12.1 Å². The summed E-state index contributed by atoms with van der Waals surface area (Å²) in [6.45, 7) is 0.378. The Morgan fingerprint density at radius 2 is 2.54 bits per heavy atom. The van der Waals surface area contributed by atoms with E-state index in [-0.39, 0.29) is 18.3 Å². The van der Waals surface area contributed by atoms with Gasteiger partial charge in [0.05, 0.1) is 19.8 Å². The van der Waals surface area contributed by atoms with Crippen LogP contribution in [-0.2, 0) is 9.53 Å². The van der Waals surface area contributed by atoms with Gasteiger partial charge in [0.2, 0.25) is 0 Å². The fourth-order valence-electron chi connectivity index (χ4n) is 1.11. The second kappa shape index (κ2) is 4.67. The van der Waals surface area contributed by atoms with Crippen molar-refractivity contribution in [2.75, 3.05) is 13.7 Å². The Bertz CT molecular complexity index is 256. The zero-order chi connectivity index (χ0) is 9.68. The predicted molar refractivity (Wildman–Crippen MR) is 47.1 cm³/mol. The molecule has 4 nitrogen and oxygen atoms in total. The zero-order valence-electron chi connectivity index (χ0n) is 7.53. The van der Waals surface area contributed by atoms with Gasteiger partial charge in [-0.25, -0.2) is 0 Å². The van der Waals surface area contributed by atoms with Crippen LogP contribution < -0.4 is 5.73 Å². The second-order valence-electron chi connectivity index (χ2n) is 2.73. The molecule has 0 aliphatic rings. The van der Waals surface area contributed by atoms with E-state index in [4.69, 9.17) is 10.2 Å². The largest absolute Gasteiger partial charge is 0.469 e. The number of hydrogen-bond donors (Lipinski definition) is 1. The van der Waals surface area contributed by atoms with Gasteiger partial charge in [-0.15, -0.1) is 0 Å². The molecule has 0 saturated heterocycles. The first-order chi connectivity index (χ1) is 6.27. The summed E-state index contributed by atoms with van der Waals surface area (Å²) in [6, 6.07) is 3.58. The minimum Gasteiger partial charge on any atom is -0.469 e. The molecular weight excluding hydrogens is 170 g/mol. The van der Waals surface area contributed by atoms with Crippen molar-refractivity contribution in [2.45, 2.75) is 12.3 Å². The third kappa shape index (κ3) is 2.59. The first-order valence-electron chi connectivity index (χ1n) is 4.08. The summed E-state index contributed by atoms with van der Waals surface area (Å²) < 4.78 is 9.69. The summed E-state index contributed by atoms with van der Waals surface area (Å²) in [4.78, 5) is 11.0. The minimum atomic E-state index is -0.271. The molecule has 0 aliphatic heterocycles. The maximum absolute atomic E-state index is 11.0. The van der Waals surface area contributed by atoms with Crippen LogP contribution in [0.2, 0.25) is 0 Å². The molecule has 1 heterocycles. The second-order valence-corrected chi connectivity index (χ2v) is 2.73. The predicted octanol–water partition coefficient (Wildman–Crippen LogP) is 0.885. The Morgan fingerprint density at radius 1 is 1.77 bits per heavy atom. The molecule has 0 fully saturated rings. The molecule has 2 N–H and O–H groups in total. The molecule has 0 aliphatic carbocycles. The van der Waals surface area contributed by atoms with Crippen molar-refractivity contribution in [3.63, 3.8) is 0 Å². The smallest absolute Gasteiger partial charge is 0.306 e. The molecule has 0 spiro atoms. The Kier molecular flexibility index (Phi) is 3.52. The van der Waals surface area contributed by atoms with Crippen molar-refractivity contribution >= 4 is 5.97 Å². The summed E-state index contributed by atoms with van der Waals surface area (Å²) >= 11 is 0. The first-order valence-corrected chi connectivity index (χ1v) is 4.08. The standard InChI is InChI=1S/C9H13NO3/c1-12-9(11)5-7(6-10)8-3-2-4-13-8/h2-4,7H,5-6,10H2,1H3. The fourth-order valence-corrected chi connectivity index (χ4v) is 1.11. The van der Waals surface area contributed by atoms with Crippen molar-refractivity contribution in [1.82, 2.24) is 0 Å². The number of ether oxygens (including phenoxy) is 1. The molecule has 0 amide bonds. The molecule has 4 heteroatoms. The number of methoxy groups -OCH3 is 1. The SMILES string of the molecule is COC(=O)CC(CN)c1ccco1. The molecule has 0 aromatic carbocycles. The molecule has 1 atom stereocenters. The van der Waals surface area contributed by atoms with Crippen molar-refractivity contribution in [1.29, 1.82) is 0 Å². The number of rotatable bonds is 4. The van der Waals surface area contributed by atoms with Gasteiger partial charge in [0.25, 0.3) is 0 Å². The molecule has 1 unspecified atom stereocenters. The molecule has 72 valence electrons. The van der Waals surface area contributed by atoms with Gasteiger partial charge in [-0.1, -0.05) is 0 Å². The lowest BCUT2D eigenvalue weighted by molar-refractivity contribution is -0.141. The van der Waals surface area contributed by atoms with Crippen LogP contribution in [0.4, 0.5) is 0 Å². The van der Waals surface area contributed by atoms with Crippen LogP contribution in [-0.4, -0.2) is 19.6 Å². The van der Waals surface area contributed by atoms with Gasteiger partial charge in [-0.3, -0.25) is 4.79 Å². The maximum atomic E-state index is 11.0. The van der Waals surface area contributed by atoms with Crippen molar-refractivity contribution < 1.29 is 13.9 Å². The molecule has 1 rings (SSSR count). The first kappa shape index (κ1) is 9.80. The van der Waals surface area contributed by atoms with Crippen molar-refractivity contribution in [3.05, 3.63) is 24.2 Å². The maximum Gasteiger partial charge on any atom is 0.306 e. The van der Waals surface area contributed by atoms with Crippen LogP contribution in [0.3, 0.4) is 0 Å². The highest BCUT2D eigenvalue weighted by molar-refractivity contribution is 5.70. The van der Waals surface area contributed by atoms with Crippen LogP contribution in [0, 0.1) is 0 Å². The van der Waals surface area contributed by atoms with E-state index in [2.05, 4.69) is 4.74 Å². The van der Waals surface area contributed by atoms with Crippen LogP contribution in [0.5, 0.6) is 0 Å². The number of nitrogens with two attached hydrogens (primary N) is 1. The summed E-state index contributed by atoms with van der Waals surface area (Å²) in [5, 5.41) is 0. The van der Waals surface area contributed by atoms with Gasteiger partial charge in [-0.2, -0.15) is 0 Å². The third-order valence-electron chi connectivity index (χ3n) is 1.87. The average Bonchev–Trinajstić information content (AvgIpc) is 2.66. The molecular formula is C9H13NO3. The van der Waals surface area contributed by atoms with Gasteiger partial charge >= 0.3 is 5.97 Å². The van der Waals surface area contributed by atoms with Crippen molar-refractivity contribution in [3.8, 4) is 0 Å². The van der Waals surface area contributed by atoms with Crippen molar-refractivity contribution in [2.24, 2.45) is 5.73 Å². The van der Waals surface area contributed by atoms with E-state index in [0.29, 0.717) is 6.54 Å². The normalized spacial score (nSPS) is 12.5. The van der Waals surface area contributed by atoms with E-state index in [1.807, 2.05) is 0 Å². The number of hydrogen-bond acceptors (Lipinski definition) is 4. The van der Waals surface area contributed by atoms with Gasteiger partial charge < -0.3 is 14.9 Å². The number of esters is 1. The lowest BCUT2D eigenvalue weighted by Gasteiger charge is -2.09. The highest BCUT2D eigenvalue weighted by Gasteiger charge is 2.16. The van der Waals surface area contributed by atoms with E-state index in [1.165, 1.54) is 7.11 Å². The lowest BCUT2D eigenvalue weighted by atomic mass is 10.0. The molecule has 0 bridgehead atoms. The molecule has 0 radical (unpaired) electrons. The minimum absolute atomic E-state index is 0.0811. The lowest BCUT2D eigenvalue weighted by Crippen LogP contribution is -2.16. The Morgan fingerprint density at radius 3 is 3.00 bits per heavy atom. The molecule has 1 aromatic heterocycles. The zero-order valence-corrected chi connectivity index (χ0v) is 7.53. The highest BCUT2D eigenvalue weighted by Crippen LogP contribution is 2.18. The summed E-state index contributed by atoms with van der Waals surface area (Å²) in [6.07, 6.45) is 1.83. The van der Waals surface area contributed by atoms with E-state index < -0.39 is 0 Å². The van der Waals surface area contributed by atoms with E-state index in [9.17, 15) is 4.79 Å². The van der Waals surface area contributed by atoms with E-state index in [0.717, 1.165) is 5.76 Å². The summed E-state index contributed by atoms with van der Waals surface area (Å²) in [5.74, 6) is 0.377. The summed E-state index contributed by atoms with van der Waals surface area (Å²) in [7, 11) is 1.36. The Labute approximate surface area is 76.7 Å². The molecule has 1 aromatic rings. The quantitative estimate of drug-likeness (QED) is 0.704. The van der Waals surface area contributed by atoms with Crippen LogP contribution in [0.25, 0.3) is 0 Å². The Balaban J connectivity index is 2.58. The van der Waals surface area contributed by atoms with Gasteiger partial charge in [0.1, 0.15) is 5.76 Å². The molecule has 0 saturated carbocycles. The third-order valence-corrected chi connectivity index (χ3v) is 1.87. The van der Waals surface area contributed by atoms with Gasteiger partial charge in [0.15, 0.2) is 0 Å². The van der Waals surface area contributed by atoms with Gasteiger partial charge in [0, 0.05) is 12.5 Å². The van der Waals surface area contributed by atoms with Crippen LogP contribution >= 0.6 is 0 Å². The van der Waals surface area contributed by atoms with Crippen LogP contribution in [0.15, 0.2) is 22.8 Å². The Hall–Kier alpha value is -1.29. The van der Waals surface area contributed by atoms with E-state index >= 15 is 0 Å². The number of furan rings is 1. The highest BCUT2D eigenvalue weighted by atomic mass is 16.5. The monoisotopic (exact) mass is 183 g/mol. The summed E-state index contributed by atoms with van der Waals surface area (Å²) in [5.41, 5.74) is 5.50. The average molecular weight is 183 g/mol. The van der Waals surface area contributed by atoms with E-state index in [1.54, 1.807) is 18.4 Å². The van der Waals surface area contributed by atoms with Crippen LogP contribution in [0.1, 0.15) is 18.1 Å².